The second-order valence-electron chi connectivity index (χ2n) is 10.2. The van der Waals surface area contributed by atoms with Crippen LogP contribution in [-0.4, -0.2) is 30.7 Å². The zero-order chi connectivity index (χ0) is 32.2. The van der Waals surface area contributed by atoms with Gasteiger partial charge in [-0.25, -0.2) is 8.78 Å². The van der Waals surface area contributed by atoms with Gasteiger partial charge in [0.25, 0.3) is 0 Å². The molecule has 3 aromatic rings. The molecule has 0 bridgehead atoms. The summed E-state index contributed by atoms with van der Waals surface area (Å²) in [5.41, 5.74) is -2.53. The molecule has 234 valence electrons. The van der Waals surface area contributed by atoms with Crippen LogP contribution >= 0.6 is 0 Å². The highest BCUT2D eigenvalue weighted by molar-refractivity contribution is 5.78. The molecule has 3 rings (SSSR count). The van der Waals surface area contributed by atoms with E-state index in [0.29, 0.717) is 11.6 Å². The number of amides is 1. The minimum absolute atomic E-state index is 0.205. The van der Waals surface area contributed by atoms with Gasteiger partial charge in [0.2, 0.25) is 5.91 Å². The molecule has 0 aliphatic rings. The maximum Gasteiger partial charge on any atom is 0.461 e. The Morgan fingerprint density at radius 1 is 0.837 bits per heavy atom. The van der Waals surface area contributed by atoms with Crippen LogP contribution in [0.25, 0.3) is 0 Å². The second kappa shape index (κ2) is 13.2. The number of ether oxygens (including phenoxy) is 2. The molecule has 1 N–H and O–H groups in total. The summed E-state index contributed by atoms with van der Waals surface area (Å²) in [6, 6.07) is 13.3. The molecule has 3 aromatic carbocycles. The van der Waals surface area contributed by atoms with Crippen molar-refractivity contribution < 1.29 is 53.8 Å². The maximum atomic E-state index is 15.9. The molecule has 13 heteroatoms. The van der Waals surface area contributed by atoms with Crippen LogP contribution in [0.1, 0.15) is 43.9 Å². The molecule has 0 radical (unpaired) electrons. The van der Waals surface area contributed by atoms with E-state index in [4.69, 9.17) is 4.74 Å². The van der Waals surface area contributed by atoms with Crippen LogP contribution in [0.15, 0.2) is 66.7 Å². The first kappa shape index (κ1) is 33.6. The van der Waals surface area contributed by atoms with Crippen molar-refractivity contribution in [3.63, 3.8) is 0 Å². The number of benzene rings is 3. The second-order valence-corrected chi connectivity index (χ2v) is 10.2. The van der Waals surface area contributed by atoms with Crippen LogP contribution in [0.3, 0.4) is 0 Å². The average molecular weight is 622 g/mol. The normalized spacial score (nSPS) is 14.4. The van der Waals surface area contributed by atoms with Crippen LogP contribution in [-0.2, 0) is 16.8 Å². The van der Waals surface area contributed by atoms with E-state index in [1.54, 1.807) is 44.2 Å². The first-order valence-corrected chi connectivity index (χ1v) is 13.0. The van der Waals surface area contributed by atoms with Gasteiger partial charge in [-0.15, -0.1) is 0 Å². The summed E-state index contributed by atoms with van der Waals surface area (Å²) < 4.78 is 133. The number of hydrogen-bond acceptors (Lipinski definition) is 3. The first-order chi connectivity index (χ1) is 20.0. The monoisotopic (exact) mass is 621 g/mol. The van der Waals surface area contributed by atoms with Gasteiger partial charge < -0.3 is 14.8 Å². The first-order valence-electron chi connectivity index (χ1n) is 13.0. The summed E-state index contributed by atoms with van der Waals surface area (Å²) in [5.74, 6) is -7.11. The smallest absolute Gasteiger partial charge is 0.461 e. The number of hydrogen-bond donors (Lipinski definition) is 1. The van der Waals surface area contributed by atoms with Gasteiger partial charge in [0, 0.05) is 30.0 Å². The molecule has 0 fully saturated rings. The van der Waals surface area contributed by atoms with Crippen molar-refractivity contribution in [3.05, 3.63) is 95.1 Å². The van der Waals surface area contributed by atoms with E-state index in [9.17, 15) is 35.5 Å². The lowest BCUT2D eigenvalue weighted by Gasteiger charge is -2.38. The van der Waals surface area contributed by atoms with Crippen LogP contribution in [0.5, 0.6) is 11.5 Å². The number of halogens is 9. The highest BCUT2D eigenvalue weighted by Crippen LogP contribution is 2.43. The highest BCUT2D eigenvalue weighted by atomic mass is 19.4. The van der Waals surface area contributed by atoms with E-state index in [1.807, 2.05) is 0 Å². The van der Waals surface area contributed by atoms with Gasteiger partial charge in [-0.1, -0.05) is 49.4 Å². The molecular weight excluding hydrogens is 593 g/mol. The zero-order valence-corrected chi connectivity index (χ0v) is 23.1. The highest BCUT2D eigenvalue weighted by Gasteiger charge is 2.46. The van der Waals surface area contributed by atoms with E-state index in [-0.39, 0.29) is 12.0 Å². The lowest BCUT2D eigenvalue weighted by atomic mass is 9.76. The Morgan fingerprint density at radius 3 is 2.05 bits per heavy atom. The van der Waals surface area contributed by atoms with Crippen molar-refractivity contribution in [1.29, 1.82) is 0 Å². The molecule has 0 saturated heterocycles. The molecule has 2 atom stereocenters. The minimum Gasteiger partial charge on any atom is -0.488 e. The Balaban J connectivity index is 2.32. The fourth-order valence-electron chi connectivity index (χ4n) is 4.41. The Hall–Kier alpha value is -3.90. The van der Waals surface area contributed by atoms with Gasteiger partial charge in [0.05, 0.1) is 12.0 Å². The SMILES string of the molecule is CC(C)Oc1c(F)cccc1[C@@](Cc1ccccc1)(NC(=O)CC(C)C(F)(F)F)c1ccc(OC(F)(F)C(F)F)cc1F. The van der Waals surface area contributed by atoms with Crippen LogP contribution in [0.2, 0.25) is 0 Å². The van der Waals surface area contributed by atoms with Gasteiger partial charge in [-0.05, 0) is 37.6 Å². The third kappa shape index (κ3) is 8.14. The third-order valence-corrected chi connectivity index (χ3v) is 6.40. The predicted octanol–water partition coefficient (Wildman–Crippen LogP) is 8.18. The van der Waals surface area contributed by atoms with E-state index in [2.05, 4.69) is 10.1 Å². The van der Waals surface area contributed by atoms with Gasteiger partial charge >= 0.3 is 18.7 Å². The quantitative estimate of drug-likeness (QED) is 0.208. The summed E-state index contributed by atoms with van der Waals surface area (Å²) in [4.78, 5) is 13.2. The molecule has 1 amide bonds. The van der Waals surface area contributed by atoms with E-state index < -0.39 is 77.3 Å². The van der Waals surface area contributed by atoms with Crippen LogP contribution in [0, 0.1) is 17.6 Å². The summed E-state index contributed by atoms with van der Waals surface area (Å²) in [6.07, 6.45) is -16.1. The Labute approximate surface area is 241 Å². The van der Waals surface area contributed by atoms with E-state index >= 15 is 8.78 Å². The standard InChI is InChI=1S/C30H28F9NO3/c1-17(2)42-26-22(10-7-11-23(26)31)28(16-19-8-5-4-6-9-19,40-25(41)14-18(3)29(35,36)37)21-13-12-20(15-24(21)32)43-30(38,39)27(33)34/h4-13,15,17-18,27H,14,16H2,1-3H3,(H,40,41)/t18?,28-/m0/s1. The summed E-state index contributed by atoms with van der Waals surface area (Å²) in [6.45, 7) is 3.87. The number of nitrogens with one attached hydrogen (secondary N) is 1. The van der Waals surface area contributed by atoms with Crippen molar-refractivity contribution in [2.75, 3.05) is 0 Å². The number of carbonyl (C=O) groups excluding carboxylic acids is 1. The topological polar surface area (TPSA) is 47.6 Å². The molecule has 0 aliphatic carbocycles. The maximum absolute atomic E-state index is 15.9. The minimum atomic E-state index is -4.97. The van der Waals surface area contributed by atoms with Gasteiger partial charge in [-0.2, -0.15) is 30.7 Å². The van der Waals surface area contributed by atoms with Crippen molar-refractivity contribution in [3.8, 4) is 11.5 Å². The molecule has 1 unspecified atom stereocenters. The Morgan fingerprint density at radius 2 is 1.49 bits per heavy atom. The van der Waals surface area contributed by atoms with E-state index in [0.717, 1.165) is 25.1 Å². The van der Waals surface area contributed by atoms with Crippen LogP contribution in [0.4, 0.5) is 39.5 Å². The largest absolute Gasteiger partial charge is 0.488 e. The summed E-state index contributed by atoms with van der Waals surface area (Å²) in [7, 11) is 0. The lowest BCUT2D eigenvalue weighted by molar-refractivity contribution is -0.253. The number of carbonyl (C=O) groups is 1. The van der Waals surface area contributed by atoms with Crippen LogP contribution < -0.4 is 14.8 Å². The Bertz CT molecular complexity index is 1400. The zero-order valence-electron chi connectivity index (χ0n) is 23.1. The van der Waals surface area contributed by atoms with Gasteiger partial charge in [0.1, 0.15) is 17.1 Å². The van der Waals surface area contributed by atoms with Crippen molar-refractivity contribution in [2.24, 2.45) is 5.92 Å². The van der Waals surface area contributed by atoms with Crippen molar-refractivity contribution >= 4 is 5.91 Å². The predicted molar refractivity (Wildman–Crippen MR) is 139 cm³/mol. The summed E-state index contributed by atoms with van der Waals surface area (Å²) >= 11 is 0. The molecule has 0 spiro atoms. The van der Waals surface area contributed by atoms with Crippen molar-refractivity contribution in [2.45, 2.75) is 64.0 Å². The number of rotatable bonds is 12. The molecular formula is C30H28F9NO3. The molecule has 4 nitrogen and oxygen atoms in total. The summed E-state index contributed by atoms with van der Waals surface area (Å²) in [5, 5.41) is 2.45. The van der Waals surface area contributed by atoms with Crippen molar-refractivity contribution in [1.82, 2.24) is 5.32 Å². The number of para-hydroxylation sites is 1. The molecule has 0 aliphatic heterocycles. The fourth-order valence-corrected chi connectivity index (χ4v) is 4.41. The molecule has 0 heterocycles. The average Bonchev–Trinajstić information content (AvgIpc) is 2.89. The fraction of sp³-hybridized carbons (Fsp3) is 0.367. The lowest BCUT2D eigenvalue weighted by Crippen LogP contribution is -2.50. The van der Waals surface area contributed by atoms with Gasteiger partial charge in [-0.3, -0.25) is 4.79 Å². The molecule has 0 saturated carbocycles. The van der Waals surface area contributed by atoms with Gasteiger partial charge in [0.15, 0.2) is 11.6 Å². The number of alkyl halides is 7. The third-order valence-electron chi connectivity index (χ3n) is 6.40. The molecule has 0 aromatic heterocycles. The Kier molecular flexibility index (Phi) is 10.3. The van der Waals surface area contributed by atoms with E-state index in [1.165, 1.54) is 12.1 Å². The molecule has 43 heavy (non-hydrogen) atoms.